The molecule has 1 unspecified atom stereocenters. The van der Waals surface area contributed by atoms with Gasteiger partial charge in [-0.05, 0) is 79.8 Å². The standard InChI is InChI=1S/C34H33N3O2/c1-5-31(36(22-26-14-7-6-8-15-26)33(38)28-16-10-9-13-24(28)3)32-35-30-18-12-11-17-29(30)34(39)37(32)27-20-19-23(2)25(4)21-27/h6-21,31H,5,22H2,1-4H3. The van der Waals surface area contributed by atoms with Crippen LogP contribution in [-0.2, 0) is 6.54 Å². The topological polar surface area (TPSA) is 55.2 Å². The molecule has 1 atom stereocenters. The van der Waals surface area contributed by atoms with Gasteiger partial charge in [0.15, 0.2) is 0 Å². The van der Waals surface area contributed by atoms with Gasteiger partial charge in [-0.25, -0.2) is 4.98 Å². The van der Waals surface area contributed by atoms with E-state index in [9.17, 15) is 9.59 Å². The molecular weight excluding hydrogens is 482 g/mol. The SMILES string of the molecule is CCC(c1nc2ccccc2c(=O)n1-c1ccc(C)c(C)c1)N(Cc1ccccc1)C(=O)c1ccccc1C. The fourth-order valence-electron chi connectivity index (χ4n) is 5.10. The summed E-state index contributed by atoms with van der Waals surface area (Å²) in [5.74, 6) is 0.472. The van der Waals surface area contributed by atoms with Crippen LogP contribution in [0.1, 0.15) is 57.8 Å². The van der Waals surface area contributed by atoms with Gasteiger partial charge < -0.3 is 4.90 Å². The number of aryl methyl sites for hydroxylation is 3. The molecule has 0 radical (unpaired) electrons. The molecule has 1 amide bonds. The molecule has 0 fully saturated rings. The van der Waals surface area contributed by atoms with E-state index >= 15 is 0 Å². The van der Waals surface area contributed by atoms with Crippen molar-refractivity contribution in [3.63, 3.8) is 0 Å². The van der Waals surface area contributed by atoms with E-state index in [0.29, 0.717) is 35.3 Å². The number of hydrogen-bond donors (Lipinski definition) is 0. The van der Waals surface area contributed by atoms with E-state index in [1.165, 1.54) is 0 Å². The lowest BCUT2D eigenvalue weighted by molar-refractivity contribution is 0.0640. The van der Waals surface area contributed by atoms with Gasteiger partial charge in [0.2, 0.25) is 0 Å². The third-order valence-corrected chi connectivity index (χ3v) is 7.44. The average Bonchev–Trinajstić information content (AvgIpc) is 2.95. The zero-order valence-corrected chi connectivity index (χ0v) is 22.9. The van der Waals surface area contributed by atoms with E-state index in [0.717, 1.165) is 27.9 Å². The molecule has 1 heterocycles. The maximum absolute atomic E-state index is 14.2. The minimum Gasteiger partial charge on any atom is -0.324 e. The Labute approximate surface area is 229 Å². The Hall–Kier alpha value is -4.51. The van der Waals surface area contributed by atoms with Crippen molar-refractivity contribution in [3.05, 3.63) is 141 Å². The highest BCUT2D eigenvalue weighted by Gasteiger charge is 2.30. The minimum atomic E-state index is -0.448. The molecule has 0 spiro atoms. The average molecular weight is 516 g/mol. The minimum absolute atomic E-state index is 0.0853. The van der Waals surface area contributed by atoms with Gasteiger partial charge in [-0.15, -0.1) is 0 Å². The van der Waals surface area contributed by atoms with Gasteiger partial charge in [0.25, 0.3) is 11.5 Å². The molecule has 5 aromatic rings. The Morgan fingerprint density at radius 3 is 2.23 bits per heavy atom. The van der Waals surface area contributed by atoms with Crippen molar-refractivity contribution in [1.82, 2.24) is 14.5 Å². The fourth-order valence-corrected chi connectivity index (χ4v) is 5.10. The van der Waals surface area contributed by atoms with Gasteiger partial charge in [-0.2, -0.15) is 0 Å². The van der Waals surface area contributed by atoms with Crippen LogP contribution in [0.25, 0.3) is 16.6 Å². The van der Waals surface area contributed by atoms with Crippen molar-refractivity contribution in [2.24, 2.45) is 0 Å². The van der Waals surface area contributed by atoms with E-state index in [1.807, 2.05) is 123 Å². The highest BCUT2D eigenvalue weighted by atomic mass is 16.2. The van der Waals surface area contributed by atoms with Crippen LogP contribution in [0.15, 0.2) is 102 Å². The smallest absolute Gasteiger partial charge is 0.266 e. The first-order valence-electron chi connectivity index (χ1n) is 13.4. The number of nitrogens with zero attached hydrogens (tertiary/aromatic N) is 3. The van der Waals surface area contributed by atoms with Crippen molar-refractivity contribution in [3.8, 4) is 5.69 Å². The lowest BCUT2D eigenvalue weighted by atomic mass is 10.0. The highest BCUT2D eigenvalue weighted by Crippen LogP contribution is 2.30. The molecule has 4 aromatic carbocycles. The number of benzene rings is 4. The zero-order valence-electron chi connectivity index (χ0n) is 22.9. The Kier molecular flexibility index (Phi) is 7.42. The number of hydrogen-bond acceptors (Lipinski definition) is 3. The monoisotopic (exact) mass is 515 g/mol. The van der Waals surface area contributed by atoms with Gasteiger partial charge in [0.1, 0.15) is 5.82 Å². The molecule has 0 aliphatic carbocycles. The molecule has 0 aliphatic rings. The summed E-state index contributed by atoms with van der Waals surface area (Å²) in [6.07, 6.45) is 0.583. The molecule has 5 nitrogen and oxygen atoms in total. The number of para-hydroxylation sites is 1. The summed E-state index contributed by atoms with van der Waals surface area (Å²) in [7, 11) is 0. The van der Waals surface area contributed by atoms with Gasteiger partial charge in [0.05, 0.1) is 22.6 Å². The number of carbonyl (C=O) groups excluding carboxylic acids is 1. The molecule has 0 bridgehead atoms. The Bertz CT molecular complexity index is 1710. The van der Waals surface area contributed by atoms with E-state index < -0.39 is 6.04 Å². The second kappa shape index (κ2) is 11.1. The summed E-state index contributed by atoms with van der Waals surface area (Å²) in [6.45, 7) is 8.48. The summed E-state index contributed by atoms with van der Waals surface area (Å²) >= 11 is 0. The third kappa shape index (κ3) is 5.13. The second-order valence-corrected chi connectivity index (χ2v) is 10.1. The van der Waals surface area contributed by atoms with Crippen molar-refractivity contribution in [2.45, 2.75) is 46.7 Å². The molecule has 5 rings (SSSR count). The molecule has 0 saturated heterocycles. The van der Waals surface area contributed by atoms with Crippen molar-refractivity contribution < 1.29 is 4.79 Å². The normalized spacial score (nSPS) is 11.9. The lowest BCUT2D eigenvalue weighted by Crippen LogP contribution is -2.38. The first-order valence-corrected chi connectivity index (χ1v) is 13.4. The maximum Gasteiger partial charge on any atom is 0.266 e. The van der Waals surface area contributed by atoms with Crippen molar-refractivity contribution >= 4 is 16.8 Å². The van der Waals surface area contributed by atoms with Gasteiger partial charge in [0, 0.05) is 12.1 Å². The number of amides is 1. The van der Waals surface area contributed by atoms with Crippen molar-refractivity contribution in [1.29, 1.82) is 0 Å². The number of carbonyl (C=O) groups is 1. The third-order valence-electron chi connectivity index (χ3n) is 7.44. The molecule has 196 valence electrons. The van der Waals surface area contributed by atoms with Crippen LogP contribution >= 0.6 is 0 Å². The van der Waals surface area contributed by atoms with Gasteiger partial charge >= 0.3 is 0 Å². The predicted octanol–water partition coefficient (Wildman–Crippen LogP) is 7.10. The van der Waals surface area contributed by atoms with Gasteiger partial charge in [-0.1, -0.05) is 73.7 Å². The zero-order chi connectivity index (χ0) is 27.5. The molecule has 1 aromatic heterocycles. The molecule has 5 heteroatoms. The largest absolute Gasteiger partial charge is 0.324 e. The highest BCUT2D eigenvalue weighted by molar-refractivity contribution is 5.96. The Morgan fingerprint density at radius 1 is 0.821 bits per heavy atom. The van der Waals surface area contributed by atoms with Crippen LogP contribution in [-0.4, -0.2) is 20.4 Å². The van der Waals surface area contributed by atoms with E-state index in [-0.39, 0.29) is 11.5 Å². The Balaban J connectivity index is 1.76. The summed E-state index contributed by atoms with van der Waals surface area (Å²) in [4.78, 5) is 35.2. The van der Waals surface area contributed by atoms with E-state index in [1.54, 1.807) is 4.57 Å². The number of fused-ring (bicyclic) bond motifs is 1. The molecule has 39 heavy (non-hydrogen) atoms. The van der Waals surface area contributed by atoms with Gasteiger partial charge in [-0.3, -0.25) is 14.2 Å². The van der Waals surface area contributed by atoms with E-state index in [2.05, 4.69) is 6.92 Å². The second-order valence-electron chi connectivity index (χ2n) is 10.1. The number of aromatic nitrogens is 2. The molecular formula is C34H33N3O2. The van der Waals surface area contributed by atoms with Crippen LogP contribution in [0, 0.1) is 20.8 Å². The maximum atomic E-state index is 14.2. The van der Waals surface area contributed by atoms with Crippen molar-refractivity contribution in [2.75, 3.05) is 0 Å². The molecule has 0 N–H and O–H groups in total. The fraction of sp³-hybridized carbons (Fsp3) is 0.206. The van der Waals surface area contributed by atoms with Crippen LogP contribution in [0.3, 0.4) is 0 Å². The summed E-state index contributed by atoms with van der Waals surface area (Å²) in [5.41, 5.74) is 6.04. The van der Waals surface area contributed by atoms with Crippen LogP contribution in [0.2, 0.25) is 0 Å². The van der Waals surface area contributed by atoms with Crippen LogP contribution < -0.4 is 5.56 Å². The van der Waals surface area contributed by atoms with E-state index in [4.69, 9.17) is 4.98 Å². The number of rotatable bonds is 7. The Morgan fingerprint density at radius 2 is 1.51 bits per heavy atom. The summed E-state index contributed by atoms with van der Waals surface area (Å²) < 4.78 is 1.70. The first-order chi connectivity index (χ1) is 18.9. The molecule has 0 saturated carbocycles. The van der Waals surface area contributed by atoms with Crippen LogP contribution in [0.4, 0.5) is 0 Å². The first kappa shape index (κ1) is 26.1. The summed E-state index contributed by atoms with van der Waals surface area (Å²) in [5, 5.41) is 0.550. The quantitative estimate of drug-likeness (QED) is 0.232. The summed E-state index contributed by atoms with van der Waals surface area (Å²) in [6, 6.07) is 30.6. The van der Waals surface area contributed by atoms with Crippen LogP contribution in [0.5, 0.6) is 0 Å². The lowest BCUT2D eigenvalue weighted by Gasteiger charge is -2.33. The predicted molar refractivity (Wildman–Crippen MR) is 157 cm³/mol. The molecule has 0 aliphatic heterocycles.